The Hall–Kier alpha value is -3.00. The van der Waals surface area contributed by atoms with Crippen molar-refractivity contribution in [3.05, 3.63) is 59.0 Å². The van der Waals surface area contributed by atoms with Gasteiger partial charge >= 0.3 is 0 Å². The second-order valence-corrected chi connectivity index (χ2v) is 7.85. The molecule has 0 spiro atoms. The van der Waals surface area contributed by atoms with Gasteiger partial charge in [0.05, 0.1) is 19.4 Å². The average Bonchev–Trinajstić information content (AvgIpc) is 3.09. The maximum atomic E-state index is 13.8. The first kappa shape index (κ1) is 20.3. The number of aromatic nitrogens is 2. The fraction of sp³-hybridized carbons (Fsp3) is 0.273. The van der Waals surface area contributed by atoms with E-state index in [9.17, 15) is 9.18 Å². The summed E-state index contributed by atoms with van der Waals surface area (Å²) < 4.78 is 26.3. The van der Waals surface area contributed by atoms with Crippen LogP contribution in [0.2, 0.25) is 0 Å². The quantitative estimate of drug-likeness (QED) is 0.640. The number of nitrogens with zero attached hydrogens (tertiary/aromatic N) is 2. The molecule has 1 aliphatic heterocycles. The van der Waals surface area contributed by atoms with Gasteiger partial charge in [-0.2, -0.15) is 5.10 Å². The molecular formula is C22H22FN3O3S. The molecule has 0 atom stereocenters. The second kappa shape index (κ2) is 8.39. The summed E-state index contributed by atoms with van der Waals surface area (Å²) in [6.07, 6.45) is 0. The Labute approximate surface area is 178 Å². The van der Waals surface area contributed by atoms with Gasteiger partial charge in [0, 0.05) is 35.4 Å². The van der Waals surface area contributed by atoms with Crippen LogP contribution in [0, 0.1) is 5.82 Å². The van der Waals surface area contributed by atoms with E-state index >= 15 is 0 Å². The predicted octanol–water partition coefficient (Wildman–Crippen LogP) is 4.17. The van der Waals surface area contributed by atoms with Gasteiger partial charge in [0.25, 0.3) is 5.91 Å². The molecule has 0 radical (unpaired) electrons. The largest absolute Gasteiger partial charge is 0.493 e. The number of carbonyl (C=O) groups is 1. The number of halogens is 1. The molecule has 1 amide bonds. The van der Waals surface area contributed by atoms with Crippen molar-refractivity contribution in [1.29, 1.82) is 0 Å². The first-order valence-corrected chi connectivity index (χ1v) is 10.6. The number of benzene rings is 2. The second-order valence-electron chi connectivity index (χ2n) is 6.83. The number of nitrogens with one attached hydrogen (secondary N) is 1. The number of thioether (sulfide) groups is 1. The first-order chi connectivity index (χ1) is 14.5. The molecule has 6 nitrogen and oxygen atoms in total. The molecule has 0 saturated carbocycles. The molecule has 156 valence electrons. The highest BCUT2D eigenvalue weighted by molar-refractivity contribution is 7.98. The highest BCUT2D eigenvalue weighted by Gasteiger charge is 2.28. The van der Waals surface area contributed by atoms with Gasteiger partial charge in [-0.05, 0) is 42.8 Å². The summed E-state index contributed by atoms with van der Waals surface area (Å²) >= 11 is 1.58. The number of amides is 1. The summed E-state index contributed by atoms with van der Waals surface area (Å²) in [5.74, 6) is 1.33. The number of methoxy groups -OCH3 is 1. The van der Waals surface area contributed by atoms with Gasteiger partial charge in [-0.3, -0.25) is 9.48 Å². The third-order valence-electron chi connectivity index (χ3n) is 4.91. The zero-order valence-corrected chi connectivity index (χ0v) is 17.8. The summed E-state index contributed by atoms with van der Waals surface area (Å²) in [4.78, 5) is 13.9. The Kier molecular flexibility index (Phi) is 5.67. The van der Waals surface area contributed by atoms with E-state index < -0.39 is 0 Å². The Morgan fingerprint density at radius 2 is 2.10 bits per heavy atom. The molecular weight excluding hydrogens is 405 g/mol. The van der Waals surface area contributed by atoms with Crippen LogP contribution in [0.4, 0.5) is 4.39 Å². The molecule has 2 heterocycles. The van der Waals surface area contributed by atoms with Crippen molar-refractivity contribution in [3.63, 3.8) is 0 Å². The molecule has 0 fully saturated rings. The number of carbonyl (C=O) groups excluding carboxylic acids is 1. The third kappa shape index (κ3) is 3.75. The van der Waals surface area contributed by atoms with E-state index in [2.05, 4.69) is 10.4 Å². The number of fused-ring (bicyclic) bond motifs is 3. The molecule has 0 bridgehead atoms. The minimum absolute atomic E-state index is 0.263. The Bertz CT molecular complexity index is 1110. The smallest absolute Gasteiger partial charge is 0.272 e. The Balaban J connectivity index is 1.56. The van der Waals surface area contributed by atoms with Gasteiger partial charge in [0.1, 0.15) is 5.82 Å². The summed E-state index contributed by atoms with van der Waals surface area (Å²) in [5, 5.41) is 7.36. The van der Waals surface area contributed by atoms with Crippen LogP contribution in [-0.4, -0.2) is 29.4 Å². The van der Waals surface area contributed by atoms with Crippen LogP contribution in [-0.2, 0) is 19.3 Å². The van der Waals surface area contributed by atoms with Gasteiger partial charge in [-0.25, -0.2) is 4.39 Å². The Morgan fingerprint density at radius 1 is 1.27 bits per heavy atom. The minimum Gasteiger partial charge on any atom is -0.493 e. The maximum absolute atomic E-state index is 13.8. The van der Waals surface area contributed by atoms with Crippen molar-refractivity contribution in [2.75, 3.05) is 13.7 Å². The van der Waals surface area contributed by atoms with E-state index in [0.717, 1.165) is 27.3 Å². The molecule has 0 saturated heterocycles. The number of rotatable bonds is 6. The molecule has 30 heavy (non-hydrogen) atoms. The van der Waals surface area contributed by atoms with Gasteiger partial charge in [-0.15, -0.1) is 11.8 Å². The standard InChI is InChI=1S/C22H22FN3O3S/c1-4-29-18-9-13(5-7-17(18)28-3)11-24-22(27)20-16-12-30-19-8-6-14(23)10-15(19)21(16)26(2)25-20/h5-10H,4,11-12H2,1-3H3,(H,24,27). The number of hydrogen-bond donors (Lipinski definition) is 1. The molecule has 2 aromatic carbocycles. The molecule has 1 N–H and O–H groups in total. The van der Waals surface area contributed by atoms with E-state index in [1.54, 1.807) is 36.7 Å². The molecule has 4 rings (SSSR count). The van der Waals surface area contributed by atoms with E-state index in [0.29, 0.717) is 36.1 Å². The number of aryl methyl sites for hydroxylation is 1. The maximum Gasteiger partial charge on any atom is 0.272 e. The zero-order valence-electron chi connectivity index (χ0n) is 17.0. The van der Waals surface area contributed by atoms with Crippen molar-refractivity contribution in [1.82, 2.24) is 15.1 Å². The van der Waals surface area contributed by atoms with Gasteiger partial charge in [-0.1, -0.05) is 6.07 Å². The fourth-order valence-electron chi connectivity index (χ4n) is 3.55. The lowest BCUT2D eigenvalue weighted by molar-refractivity contribution is 0.0944. The molecule has 3 aromatic rings. The topological polar surface area (TPSA) is 65.4 Å². The van der Waals surface area contributed by atoms with E-state index in [1.807, 2.05) is 25.1 Å². The number of hydrogen-bond acceptors (Lipinski definition) is 5. The van der Waals surface area contributed by atoms with Crippen LogP contribution in [0.3, 0.4) is 0 Å². The fourth-order valence-corrected chi connectivity index (χ4v) is 4.60. The Morgan fingerprint density at radius 3 is 2.87 bits per heavy atom. The molecule has 0 aliphatic carbocycles. The van der Waals surface area contributed by atoms with Crippen LogP contribution < -0.4 is 14.8 Å². The lowest BCUT2D eigenvalue weighted by atomic mass is 10.1. The lowest BCUT2D eigenvalue weighted by Gasteiger charge is -2.17. The molecule has 8 heteroatoms. The summed E-state index contributed by atoms with van der Waals surface area (Å²) in [6.45, 7) is 2.75. The van der Waals surface area contributed by atoms with E-state index in [-0.39, 0.29) is 11.7 Å². The first-order valence-electron chi connectivity index (χ1n) is 9.58. The van der Waals surface area contributed by atoms with Crippen LogP contribution in [0.25, 0.3) is 11.3 Å². The summed E-state index contributed by atoms with van der Waals surface area (Å²) in [5.41, 5.74) is 3.64. The van der Waals surface area contributed by atoms with Gasteiger partial charge in [0.2, 0.25) is 0 Å². The molecule has 1 aromatic heterocycles. The van der Waals surface area contributed by atoms with E-state index in [1.165, 1.54) is 12.1 Å². The average molecular weight is 428 g/mol. The van der Waals surface area contributed by atoms with Gasteiger partial charge in [0.15, 0.2) is 17.2 Å². The zero-order chi connectivity index (χ0) is 21.3. The molecule has 0 unspecified atom stereocenters. The van der Waals surface area contributed by atoms with Crippen molar-refractivity contribution in [3.8, 4) is 22.8 Å². The van der Waals surface area contributed by atoms with Crippen molar-refractivity contribution in [2.24, 2.45) is 7.05 Å². The number of ether oxygens (including phenoxy) is 2. The van der Waals surface area contributed by atoms with Crippen LogP contribution in [0.1, 0.15) is 28.5 Å². The monoisotopic (exact) mass is 427 g/mol. The van der Waals surface area contributed by atoms with Crippen molar-refractivity contribution in [2.45, 2.75) is 24.1 Å². The van der Waals surface area contributed by atoms with E-state index in [4.69, 9.17) is 9.47 Å². The normalized spacial score (nSPS) is 12.1. The van der Waals surface area contributed by atoms with Crippen LogP contribution >= 0.6 is 11.8 Å². The van der Waals surface area contributed by atoms with Crippen LogP contribution in [0.15, 0.2) is 41.3 Å². The summed E-state index contributed by atoms with van der Waals surface area (Å²) in [7, 11) is 3.36. The van der Waals surface area contributed by atoms with Gasteiger partial charge < -0.3 is 14.8 Å². The highest BCUT2D eigenvalue weighted by atomic mass is 32.2. The minimum atomic E-state index is -0.306. The summed E-state index contributed by atoms with van der Waals surface area (Å²) in [6, 6.07) is 10.3. The third-order valence-corrected chi connectivity index (χ3v) is 6.01. The SMILES string of the molecule is CCOc1cc(CNC(=O)c2nn(C)c3c2CSc2ccc(F)cc2-3)ccc1OC. The van der Waals surface area contributed by atoms with Crippen LogP contribution in [0.5, 0.6) is 11.5 Å². The predicted molar refractivity (Wildman–Crippen MR) is 113 cm³/mol. The van der Waals surface area contributed by atoms with Crippen molar-refractivity contribution < 1.29 is 18.7 Å². The highest BCUT2D eigenvalue weighted by Crippen LogP contribution is 2.42. The molecule has 1 aliphatic rings. The lowest BCUT2D eigenvalue weighted by Crippen LogP contribution is -2.24. The van der Waals surface area contributed by atoms with Crippen molar-refractivity contribution >= 4 is 17.7 Å².